The summed E-state index contributed by atoms with van der Waals surface area (Å²) in [7, 11) is 0. The highest BCUT2D eigenvalue weighted by Crippen LogP contribution is 2.14. The SMILES string of the molecule is CCCCCCCCCCCCCCCCCOC(=O)CCCCC(=O)OC(C)CC(C)C. The molecule has 0 radical (unpaired) electrons. The van der Waals surface area contributed by atoms with Gasteiger partial charge in [0.05, 0.1) is 12.7 Å². The molecule has 0 aromatic rings. The molecule has 0 aliphatic heterocycles. The second-order valence-corrected chi connectivity index (χ2v) is 10.3. The van der Waals surface area contributed by atoms with E-state index in [0.29, 0.717) is 38.2 Å². The molecule has 0 saturated heterocycles. The van der Waals surface area contributed by atoms with Crippen molar-refractivity contribution in [2.45, 2.75) is 162 Å². The Morgan fingerprint density at radius 2 is 1.00 bits per heavy atom. The lowest BCUT2D eigenvalue weighted by Gasteiger charge is -2.15. The van der Waals surface area contributed by atoms with E-state index >= 15 is 0 Å². The number of carbonyl (C=O) groups excluding carboxylic acids is 2. The maximum absolute atomic E-state index is 11.8. The molecule has 196 valence electrons. The Morgan fingerprint density at radius 1 is 0.576 bits per heavy atom. The molecule has 0 N–H and O–H groups in total. The van der Waals surface area contributed by atoms with E-state index in [1.807, 2.05) is 6.92 Å². The van der Waals surface area contributed by atoms with Gasteiger partial charge in [-0.15, -0.1) is 0 Å². The molecule has 0 aliphatic carbocycles. The molecule has 0 aromatic carbocycles. The van der Waals surface area contributed by atoms with Crippen LogP contribution >= 0.6 is 0 Å². The minimum Gasteiger partial charge on any atom is -0.466 e. The smallest absolute Gasteiger partial charge is 0.306 e. The van der Waals surface area contributed by atoms with E-state index in [1.54, 1.807) is 0 Å². The maximum atomic E-state index is 11.8. The van der Waals surface area contributed by atoms with Gasteiger partial charge in [0.25, 0.3) is 0 Å². The van der Waals surface area contributed by atoms with Gasteiger partial charge in [0.15, 0.2) is 0 Å². The average molecular weight is 469 g/mol. The van der Waals surface area contributed by atoms with Crippen molar-refractivity contribution in [3.63, 3.8) is 0 Å². The van der Waals surface area contributed by atoms with E-state index in [-0.39, 0.29) is 18.0 Å². The van der Waals surface area contributed by atoms with Crippen molar-refractivity contribution in [2.75, 3.05) is 6.61 Å². The van der Waals surface area contributed by atoms with Crippen molar-refractivity contribution in [3.05, 3.63) is 0 Å². The number of ether oxygens (including phenoxy) is 2. The molecule has 0 saturated carbocycles. The van der Waals surface area contributed by atoms with Gasteiger partial charge >= 0.3 is 11.9 Å². The Balaban J connectivity index is 3.31. The first kappa shape index (κ1) is 31.9. The van der Waals surface area contributed by atoms with Gasteiger partial charge in [-0.1, -0.05) is 111 Å². The lowest BCUT2D eigenvalue weighted by atomic mass is 10.0. The first-order valence-corrected chi connectivity index (χ1v) is 14.3. The molecular formula is C29H56O4. The molecule has 1 atom stereocenters. The zero-order valence-electron chi connectivity index (χ0n) is 22.6. The summed E-state index contributed by atoms with van der Waals surface area (Å²) in [6.07, 6.45) is 23.0. The van der Waals surface area contributed by atoms with E-state index in [0.717, 1.165) is 19.3 Å². The second-order valence-electron chi connectivity index (χ2n) is 10.3. The molecular weight excluding hydrogens is 412 g/mol. The zero-order chi connectivity index (χ0) is 24.6. The Morgan fingerprint density at radius 3 is 1.45 bits per heavy atom. The largest absolute Gasteiger partial charge is 0.466 e. The Kier molecular flexibility index (Phi) is 23.3. The molecule has 0 aromatic heterocycles. The summed E-state index contributed by atoms with van der Waals surface area (Å²) in [6.45, 7) is 8.99. The average Bonchev–Trinajstić information content (AvgIpc) is 2.75. The predicted octanol–water partition coefficient (Wildman–Crippen LogP) is 8.94. The van der Waals surface area contributed by atoms with E-state index in [1.165, 1.54) is 83.5 Å². The van der Waals surface area contributed by atoms with Crippen molar-refractivity contribution < 1.29 is 19.1 Å². The van der Waals surface area contributed by atoms with Gasteiger partial charge in [0.2, 0.25) is 0 Å². The predicted molar refractivity (Wildman–Crippen MR) is 139 cm³/mol. The van der Waals surface area contributed by atoms with Gasteiger partial charge in [-0.3, -0.25) is 9.59 Å². The lowest BCUT2D eigenvalue weighted by Crippen LogP contribution is -2.16. The van der Waals surface area contributed by atoms with Gasteiger partial charge in [0.1, 0.15) is 0 Å². The van der Waals surface area contributed by atoms with Gasteiger partial charge in [-0.05, 0) is 38.5 Å². The lowest BCUT2D eigenvalue weighted by molar-refractivity contribution is -0.149. The summed E-state index contributed by atoms with van der Waals surface area (Å²) >= 11 is 0. The van der Waals surface area contributed by atoms with Crippen molar-refractivity contribution in [1.82, 2.24) is 0 Å². The van der Waals surface area contributed by atoms with Crippen LogP contribution in [0.4, 0.5) is 0 Å². The minimum atomic E-state index is -0.158. The minimum absolute atomic E-state index is 0.0302. The third kappa shape index (κ3) is 25.4. The summed E-state index contributed by atoms with van der Waals surface area (Å²) in [5.74, 6) is 0.225. The van der Waals surface area contributed by atoms with E-state index in [2.05, 4.69) is 20.8 Å². The number of unbranched alkanes of at least 4 members (excludes halogenated alkanes) is 15. The topological polar surface area (TPSA) is 52.6 Å². The molecule has 0 rings (SSSR count). The molecule has 0 amide bonds. The molecule has 4 heteroatoms. The normalized spacial score (nSPS) is 12.2. The number of carbonyl (C=O) groups is 2. The summed E-state index contributed by atoms with van der Waals surface area (Å²) in [6, 6.07) is 0. The fourth-order valence-corrected chi connectivity index (χ4v) is 4.27. The van der Waals surface area contributed by atoms with Crippen LogP contribution in [0.25, 0.3) is 0 Å². The fourth-order valence-electron chi connectivity index (χ4n) is 4.27. The van der Waals surface area contributed by atoms with Gasteiger partial charge in [-0.25, -0.2) is 0 Å². The molecule has 1 unspecified atom stereocenters. The molecule has 0 aliphatic rings. The van der Waals surface area contributed by atoms with Crippen LogP contribution in [0.2, 0.25) is 0 Å². The van der Waals surface area contributed by atoms with Gasteiger partial charge in [-0.2, -0.15) is 0 Å². The summed E-state index contributed by atoms with van der Waals surface area (Å²) in [4.78, 5) is 23.6. The number of hydrogen-bond acceptors (Lipinski definition) is 4. The van der Waals surface area contributed by atoms with Crippen LogP contribution in [0.1, 0.15) is 156 Å². The standard InChI is InChI=1S/C29H56O4/c1-5-6-7-8-9-10-11-12-13-14-15-16-17-18-21-24-32-28(30)22-19-20-23-29(31)33-27(4)25-26(2)3/h26-27H,5-25H2,1-4H3. The fraction of sp³-hybridized carbons (Fsp3) is 0.931. The van der Waals surface area contributed by atoms with Crippen LogP contribution in [0.3, 0.4) is 0 Å². The number of esters is 2. The van der Waals surface area contributed by atoms with E-state index < -0.39 is 0 Å². The second kappa shape index (κ2) is 24.1. The first-order chi connectivity index (χ1) is 16.0. The van der Waals surface area contributed by atoms with Crippen LogP contribution < -0.4 is 0 Å². The molecule has 0 heterocycles. The Bertz CT molecular complexity index is 447. The third-order valence-corrected chi connectivity index (χ3v) is 6.16. The summed E-state index contributed by atoms with van der Waals surface area (Å²) in [5.41, 5.74) is 0. The van der Waals surface area contributed by atoms with Crippen LogP contribution in [-0.4, -0.2) is 24.6 Å². The number of rotatable bonds is 24. The molecule has 0 fully saturated rings. The molecule has 0 bridgehead atoms. The van der Waals surface area contributed by atoms with Crippen molar-refractivity contribution in [1.29, 1.82) is 0 Å². The summed E-state index contributed by atoms with van der Waals surface area (Å²) < 4.78 is 10.7. The number of hydrogen-bond donors (Lipinski definition) is 0. The van der Waals surface area contributed by atoms with Crippen LogP contribution in [0.15, 0.2) is 0 Å². The van der Waals surface area contributed by atoms with E-state index in [4.69, 9.17) is 9.47 Å². The van der Waals surface area contributed by atoms with E-state index in [9.17, 15) is 9.59 Å². The molecule has 0 spiro atoms. The third-order valence-electron chi connectivity index (χ3n) is 6.16. The molecule has 4 nitrogen and oxygen atoms in total. The van der Waals surface area contributed by atoms with Gasteiger partial charge in [0, 0.05) is 12.8 Å². The monoisotopic (exact) mass is 468 g/mol. The van der Waals surface area contributed by atoms with Crippen LogP contribution in [0.5, 0.6) is 0 Å². The van der Waals surface area contributed by atoms with Crippen LogP contribution in [0, 0.1) is 5.92 Å². The van der Waals surface area contributed by atoms with Crippen molar-refractivity contribution >= 4 is 11.9 Å². The quantitative estimate of drug-likeness (QED) is 0.105. The highest BCUT2D eigenvalue weighted by atomic mass is 16.5. The zero-order valence-corrected chi connectivity index (χ0v) is 22.6. The van der Waals surface area contributed by atoms with Crippen molar-refractivity contribution in [3.8, 4) is 0 Å². The first-order valence-electron chi connectivity index (χ1n) is 14.3. The van der Waals surface area contributed by atoms with Crippen molar-refractivity contribution in [2.24, 2.45) is 5.92 Å². The highest BCUT2D eigenvalue weighted by Gasteiger charge is 2.11. The Hall–Kier alpha value is -1.06. The molecule has 33 heavy (non-hydrogen) atoms. The summed E-state index contributed by atoms with van der Waals surface area (Å²) in [5, 5.41) is 0. The van der Waals surface area contributed by atoms with Gasteiger partial charge < -0.3 is 9.47 Å². The highest BCUT2D eigenvalue weighted by molar-refractivity contribution is 5.70. The van der Waals surface area contributed by atoms with Crippen LogP contribution in [-0.2, 0) is 19.1 Å². The Labute approximate surface area is 206 Å². The maximum Gasteiger partial charge on any atom is 0.306 e.